The molecule has 0 aromatic heterocycles. The summed E-state index contributed by atoms with van der Waals surface area (Å²) >= 11 is 0. The van der Waals surface area contributed by atoms with Gasteiger partial charge in [-0.2, -0.15) is 0 Å². The maximum Gasteiger partial charge on any atom is -0.0237 e. The van der Waals surface area contributed by atoms with E-state index < -0.39 is 0 Å². The van der Waals surface area contributed by atoms with Crippen LogP contribution in [0.4, 0.5) is 0 Å². The van der Waals surface area contributed by atoms with E-state index in [0.29, 0.717) is 0 Å². The molecule has 0 saturated heterocycles. The van der Waals surface area contributed by atoms with Gasteiger partial charge in [0.15, 0.2) is 0 Å². The first kappa shape index (κ1) is 23.5. The number of unbranched alkanes of at least 4 members (excludes halogenated alkanes) is 2. The van der Waals surface area contributed by atoms with Gasteiger partial charge in [-0.1, -0.05) is 93.9 Å². The summed E-state index contributed by atoms with van der Waals surface area (Å²) in [5, 5.41) is 0. The Hall–Kier alpha value is 0.430. The molecule has 0 amide bonds. The topological polar surface area (TPSA) is 0 Å². The van der Waals surface area contributed by atoms with Crippen molar-refractivity contribution >= 4 is 8.58 Å². The van der Waals surface area contributed by atoms with Crippen LogP contribution in [-0.2, 0) is 0 Å². The molecule has 0 bridgehead atoms. The molecular formula is C24H49P. The van der Waals surface area contributed by atoms with E-state index in [-0.39, 0.29) is 0 Å². The molecule has 1 aliphatic rings. The van der Waals surface area contributed by atoms with Crippen LogP contribution < -0.4 is 0 Å². The highest BCUT2D eigenvalue weighted by atomic mass is 31.1. The Kier molecular flexibility index (Phi) is 11.3. The van der Waals surface area contributed by atoms with Crippen molar-refractivity contribution in [3.8, 4) is 0 Å². The first-order valence-corrected chi connectivity index (χ1v) is 12.9. The summed E-state index contributed by atoms with van der Waals surface area (Å²) in [6.45, 7) is 19.9. The van der Waals surface area contributed by atoms with Crippen molar-refractivity contribution in [2.75, 3.05) is 6.16 Å². The SMILES string of the molecule is CCCCC[C@@H](CC)C(C)C(CC)C1C(C)CC1C(C)C(C)PCC. The summed E-state index contributed by atoms with van der Waals surface area (Å²) in [5.74, 6) is 6.73. The van der Waals surface area contributed by atoms with Gasteiger partial charge in [-0.3, -0.25) is 0 Å². The highest BCUT2D eigenvalue weighted by molar-refractivity contribution is 7.38. The van der Waals surface area contributed by atoms with Crippen molar-refractivity contribution in [1.82, 2.24) is 0 Å². The predicted molar refractivity (Wildman–Crippen MR) is 119 cm³/mol. The molecule has 1 heteroatoms. The third-order valence-electron chi connectivity index (χ3n) is 7.87. The van der Waals surface area contributed by atoms with Crippen molar-refractivity contribution in [3.05, 3.63) is 0 Å². The van der Waals surface area contributed by atoms with Crippen molar-refractivity contribution in [2.24, 2.45) is 41.4 Å². The lowest BCUT2D eigenvalue weighted by atomic mass is 9.53. The maximum atomic E-state index is 2.61. The Morgan fingerprint density at radius 1 is 0.960 bits per heavy atom. The summed E-state index contributed by atoms with van der Waals surface area (Å²) < 4.78 is 0. The lowest BCUT2D eigenvalue weighted by molar-refractivity contribution is -0.0369. The molecule has 9 atom stereocenters. The van der Waals surface area contributed by atoms with E-state index in [0.717, 1.165) is 55.7 Å². The minimum atomic E-state index is 0.915. The van der Waals surface area contributed by atoms with Crippen molar-refractivity contribution in [2.45, 2.75) is 106 Å². The fraction of sp³-hybridized carbons (Fsp3) is 1.00. The highest BCUT2D eigenvalue weighted by Gasteiger charge is 2.47. The van der Waals surface area contributed by atoms with Gasteiger partial charge in [0.05, 0.1) is 0 Å². The van der Waals surface area contributed by atoms with Crippen molar-refractivity contribution < 1.29 is 0 Å². The average Bonchev–Trinajstić information content (AvgIpc) is 2.60. The molecule has 1 saturated carbocycles. The van der Waals surface area contributed by atoms with E-state index in [1.807, 2.05) is 0 Å². The molecule has 1 rings (SSSR count). The molecule has 150 valence electrons. The van der Waals surface area contributed by atoms with E-state index in [9.17, 15) is 0 Å². The number of rotatable bonds is 13. The van der Waals surface area contributed by atoms with E-state index in [2.05, 4.69) is 55.4 Å². The lowest BCUT2D eigenvalue weighted by Crippen LogP contribution is -2.47. The smallest absolute Gasteiger partial charge is 0.0237 e. The van der Waals surface area contributed by atoms with Crippen LogP contribution in [0.3, 0.4) is 0 Å². The first-order valence-electron chi connectivity index (χ1n) is 11.7. The molecule has 0 spiro atoms. The zero-order chi connectivity index (χ0) is 19.0. The molecule has 25 heavy (non-hydrogen) atoms. The van der Waals surface area contributed by atoms with Crippen LogP contribution >= 0.6 is 8.58 Å². The van der Waals surface area contributed by atoms with Gasteiger partial charge in [0.2, 0.25) is 0 Å². The van der Waals surface area contributed by atoms with Gasteiger partial charge in [0.1, 0.15) is 0 Å². The summed E-state index contributed by atoms with van der Waals surface area (Å²) in [4.78, 5) is 0. The van der Waals surface area contributed by atoms with Gasteiger partial charge in [-0.25, -0.2) is 0 Å². The lowest BCUT2D eigenvalue weighted by Gasteiger charge is -2.54. The molecule has 0 nitrogen and oxygen atoms in total. The highest BCUT2D eigenvalue weighted by Crippen LogP contribution is 2.54. The minimum Gasteiger partial charge on any atom is -0.119 e. The molecule has 0 N–H and O–H groups in total. The van der Waals surface area contributed by atoms with Gasteiger partial charge in [0, 0.05) is 0 Å². The normalized spacial score (nSPS) is 30.0. The predicted octanol–water partition coefficient (Wildman–Crippen LogP) is 8.25. The molecule has 0 heterocycles. The molecule has 0 aromatic rings. The summed E-state index contributed by atoms with van der Waals surface area (Å²) in [6.07, 6.45) is 11.4. The Morgan fingerprint density at radius 2 is 1.64 bits per heavy atom. The summed E-state index contributed by atoms with van der Waals surface area (Å²) in [6, 6.07) is 0. The molecule has 0 aliphatic heterocycles. The largest absolute Gasteiger partial charge is 0.119 e. The van der Waals surface area contributed by atoms with Crippen LogP contribution in [0.25, 0.3) is 0 Å². The quantitative estimate of drug-likeness (QED) is 0.227. The number of hydrogen-bond acceptors (Lipinski definition) is 0. The van der Waals surface area contributed by atoms with E-state index in [1.54, 1.807) is 0 Å². The third-order valence-corrected chi connectivity index (χ3v) is 9.45. The molecule has 1 aliphatic carbocycles. The summed E-state index contributed by atoms with van der Waals surface area (Å²) in [7, 11) is 1.16. The molecular weight excluding hydrogens is 319 g/mol. The van der Waals surface area contributed by atoms with Crippen molar-refractivity contribution in [3.63, 3.8) is 0 Å². The Labute approximate surface area is 162 Å². The molecule has 8 unspecified atom stereocenters. The zero-order valence-corrected chi connectivity index (χ0v) is 19.8. The van der Waals surface area contributed by atoms with Crippen LogP contribution in [0.1, 0.15) is 100 Å². The van der Waals surface area contributed by atoms with Gasteiger partial charge < -0.3 is 0 Å². The second-order valence-corrected chi connectivity index (χ2v) is 11.3. The van der Waals surface area contributed by atoms with Gasteiger partial charge in [0.25, 0.3) is 0 Å². The van der Waals surface area contributed by atoms with Gasteiger partial charge >= 0.3 is 0 Å². The van der Waals surface area contributed by atoms with Crippen LogP contribution in [0, 0.1) is 41.4 Å². The Balaban J connectivity index is 2.77. The van der Waals surface area contributed by atoms with E-state index in [4.69, 9.17) is 0 Å². The molecule has 0 aromatic carbocycles. The zero-order valence-electron chi connectivity index (χ0n) is 18.8. The van der Waals surface area contributed by atoms with Gasteiger partial charge in [-0.15, -0.1) is 8.58 Å². The fourth-order valence-electron chi connectivity index (χ4n) is 5.99. The van der Waals surface area contributed by atoms with Gasteiger partial charge in [-0.05, 0) is 59.7 Å². The summed E-state index contributed by atoms with van der Waals surface area (Å²) in [5.41, 5.74) is 0.935. The second-order valence-electron chi connectivity index (χ2n) is 9.25. The minimum absolute atomic E-state index is 0.915. The standard InChI is InChI=1S/C24H49P/c1-9-13-14-15-21(10-2)19(7)22(11-3)24-17(5)16-23(24)18(6)20(8)25-12-4/h17-25H,9-16H2,1-8H3/t17?,18?,19?,20?,21-,22?,23?,24?/m1/s1. The van der Waals surface area contributed by atoms with E-state index >= 15 is 0 Å². The second kappa shape index (κ2) is 12.0. The van der Waals surface area contributed by atoms with Crippen LogP contribution in [0.15, 0.2) is 0 Å². The molecule has 0 radical (unpaired) electrons. The molecule has 1 fully saturated rings. The Bertz CT molecular complexity index is 339. The Morgan fingerprint density at radius 3 is 2.12 bits per heavy atom. The maximum absolute atomic E-state index is 2.61. The van der Waals surface area contributed by atoms with Crippen LogP contribution in [0.5, 0.6) is 0 Å². The van der Waals surface area contributed by atoms with Crippen LogP contribution in [0.2, 0.25) is 0 Å². The van der Waals surface area contributed by atoms with Crippen molar-refractivity contribution in [1.29, 1.82) is 0 Å². The first-order chi connectivity index (χ1) is 11.9. The van der Waals surface area contributed by atoms with E-state index in [1.165, 1.54) is 51.1 Å². The number of hydrogen-bond donors (Lipinski definition) is 0. The van der Waals surface area contributed by atoms with Crippen LogP contribution in [-0.4, -0.2) is 11.8 Å². The monoisotopic (exact) mass is 368 g/mol. The average molecular weight is 369 g/mol. The third kappa shape index (κ3) is 6.23. The fourth-order valence-corrected chi connectivity index (χ4v) is 7.26.